The molecule has 1 atom stereocenters. The molecule has 0 saturated heterocycles. The van der Waals surface area contributed by atoms with E-state index >= 15 is 0 Å². The number of likely N-dealkylation sites (N-methyl/N-ethyl adjacent to an activating group) is 1. The molecule has 3 rings (SSSR count). The van der Waals surface area contributed by atoms with Gasteiger partial charge in [0.25, 0.3) is 0 Å². The highest BCUT2D eigenvalue weighted by atomic mass is 35.5. The van der Waals surface area contributed by atoms with E-state index in [0.29, 0.717) is 13.0 Å². The van der Waals surface area contributed by atoms with E-state index in [9.17, 15) is 4.79 Å². The molecule has 0 bridgehead atoms. The normalized spacial score (nSPS) is 11.2. The molecule has 1 heterocycles. The third kappa shape index (κ3) is 5.89. The van der Waals surface area contributed by atoms with Crippen molar-refractivity contribution < 1.29 is 4.79 Å². The van der Waals surface area contributed by atoms with Crippen LogP contribution < -0.4 is 16.0 Å². The van der Waals surface area contributed by atoms with Crippen molar-refractivity contribution in [1.82, 2.24) is 10.3 Å². The minimum absolute atomic E-state index is 0. The highest BCUT2D eigenvalue weighted by Crippen LogP contribution is 2.18. The topological polar surface area (TPSA) is 74.2 Å². The fourth-order valence-electron chi connectivity index (χ4n) is 2.92. The molecule has 1 aromatic heterocycles. The Morgan fingerprint density at radius 1 is 1.11 bits per heavy atom. The molecule has 7 heteroatoms. The Bertz CT molecular complexity index is 838. The van der Waals surface area contributed by atoms with Crippen molar-refractivity contribution >= 4 is 47.3 Å². The predicted octanol–water partition coefficient (Wildman–Crippen LogP) is 3.13. The molecule has 146 valence electrons. The quantitative estimate of drug-likeness (QED) is 0.561. The standard InChI is InChI=1S/C20H24N4O.2ClH/c1-24(16-7-3-2-4-8-16)12-11-22-20(25)18(21)13-15-14-23-19-10-6-5-9-17(15)19;;/h2-10,14,18,23H,11-13,21H2,1H3,(H,22,25);2*1H/t18-;;/m0../s1. The number of nitrogens with two attached hydrogens (primary N) is 1. The van der Waals surface area contributed by atoms with Gasteiger partial charge < -0.3 is 20.9 Å². The lowest BCUT2D eigenvalue weighted by Crippen LogP contribution is -2.44. The highest BCUT2D eigenvalue weighted by Gasteiger charge is 2.16. The molecule has 0 saturated carbocycles. The Kier molecular flexibility index (Phi) is 9.15. The van der Waals surface area contributed by atoms with Gasteiger partial charge in [-0.3, -0.25) is 4.79 Å². The Morgan fingerprint density at radius 2 is 1.78 bits per heavy atom. The van der Waals surface area contributed by atoms with E-state index in [-0.39, 0.29) is 30.7 Å². The molecule has 5 nitrogen and oxygen atoms in total. The fraction of sp³-hybridized carbons (Fsp3) is 0.250. The van der Waals surface area contributed by atoms with Gasteiger partial charge in [0.05, 0.1) is 6.04 Å². The number of aromatic amines is 1. The zero-order valence-corrected chi connectivity index (χ0v) is 16.9. The fourth-order valence-corrected chi connectivity index (χ4v) is 2.92. The van der Waals surface area contributed by atoms with E-state index in [1.807, 2.05) is 67.8 Å². The van der Waals surface area contributed by atoms with Crippen LogP contribution in [0.2, 0.25) is 0 Å². The number of nitrogens with one attached hydrogen (secondary N) is 2. The summed E-state index contributed by atoms with van der Waals surface area (Å²) in [6, 6.07) is 17.6. The number of H-pyrrole nitrogens is 1. The van der Waals surface area contributed by atoms with E-state index in [1.165, 1.54) is 0 Å². The second kappa shape index (κ2) is 10.8. The van der Waals surface area contributed by atoms with Gasteiger partial charge >= 0.3 is 0 Å². The maximum atomic E-state index is 12.3. The van der Waals surface area contributed by atoms with Crippen molar-refractivity contribution in [3.05, 3.63) is 66.4 Å². The van der Waals surface area contributed by atoms with Crippen LogP contribution >= 0.6 is 24.8 Å². The average Bonchev–Trinajstić information content (AvgIpc) is 3.05. The lowest BCUT2D eigenvalue weighted by molar-refractivity contribution is -0.122. The van der Waals surface area contributed by atoms with E-state index in [1.54, 1.807) is 0 Å². The van der Waals surface area contributed by atoms with Crippen molar-refractivity contribution in [3.63, 3.8) is 0 Å². The highest BCUT2D eigenvalue weighted by molar-refractivity contribution is 5.86. The molecule has 4 N–H and O–H groups in total. The summed E-state index contributed by atoms with van der Waals surface area (Å²) in [6.07, 6.45) is 2.45. The number of hydrogen-bond donors (Lipinski definition) is 3. The number of nitrogens with zero attached hydrogens (tertiary/aromatic N) is 1. The number of hydrogen-bond acceptors (Lipinski definition) is 3. The number of para-hydroxylation sites is 2. The maximum Gasteiger partial charge on any atom is 0.237 e. The van der Waals surface area contributed by atoms with E-state index in [4.69, 9.17) is 5.73 Å². The van der Waals surface area contributed by atoms with Crippen LogP contribution in [0.5, 0.6) is 0 Å². The lowest BCUT2D eigenvalue weighted by Gasteiger charge is -2.20. The van der Waals surface area contributed by atoms with Crippen molar-refractivity contribution in [2.75, 3.05) is 25.0 Å². The number of carbonyl (C=O) groups excluding carboxylic acids is 1. The SMILES string of the molecule is CN(CCNC(=O)[C@@H](N)Cc1c[nH]c2ccccc12)c1ccccc1.Cl.Cl. The van der Waals surface area contributed by atoms with Crippen LogP contribution in [0, 0.1) is 0 Å². The molecule has 0 aliphatic rings. The molecule has 0 aliphatic heterocycles. The number of anilines is 1. The minimum atomic E-state index is -0.554. The van der Waals surface area contributed by atoms with Crippen molar-refractivity contribution in [1.29, 1.82) is 0 Å². The smallest absolute Gasteiger partial charge is 0.237 e. The molecule has 27 heavy (non-hydrogen) atoms. The first kappa shape index (κ1) is 22.8. The van der Waals surface area contributed by atoms with Gasteiger partial charge in [0.2, 0.25) is 5.91 Å². The summed E-state index contributed by atoms with van der Waals surface area (Å²) >= 11 is 0. The average molecular weight is 409 g/mol. The number of fused-ring (bicyclic) bond motifs is 1. The number of benzene rings is 2. The van der Waals surface area contributed by atoms with Crippen LogP contribution in [-0.2, 0) is 11.2 Å². The second-order valence-corrected chi connectivity index (χ2v) is 6.22. The largest absolute Gasteiger partial charge is 0.373 e. The minimum Gasteiger partial charge on any atom is -0.373 e. The number of amides is 1. The van der Waals surface area contributed by atoms with Crippen LogP contribution in [0.25, 0.3) is 10.9 Å². The first-order valence-corrected chi connectivity index (χ1v) is 8.49. The summed E-state index contributed by atoms with van der Waals surface area (Å²) < 4.78 is 0. The zero-order valence-electron chi connectivity index (χ0n) is 15.2. The maximum absolute atomic E-state index is 12.3. The molecule has 0 spiro atoms. The monoisotopic (exact) mass is 408 g/mol. The number of aromatic nitrogens is 1. The molecule has 1 amide bonds. The van der Waals surface area contributed by atoms with Crippen LogP contribution in [0.15, 0.2) is 60.8 Å². The molecule has 0 fully saturated rings. The number of carbonyl (C=O) groups is 1. The Labute approximate surface area is 172 Å². The number of halogens is 2. The molecular weight excluding hydrogens is 383 g/mol. The molecule has 0 aliphatic carbocycles. The van der Waals surface area contributed by atoms with Crippen LogP contribution in [0.3, 0.4) is 0 Å². The molecule has 0 unspecified atom stereocenters. The molecule has 3 aromatic rings. The van der Waals surface area contributed by atoms with Crippen molar-refractivity contribution in [2.45, 2.75) is 12.5 Å². The van der Waals surface area contributed by atoms with Crippen molar-refractivity contribution in [3.8, 4) is 0 Å². The predicted molar refractivity (Wildman–Crippen MR) is 117 cm³/mol. The van der Waals surface area contributed by atoms with Crippen LogP contribution in [0.1, 0.15) is 5.56 Å². The number of rotatable bonds is 7. The van der Waals surface area contributed by atoms with Crippen molar-refractivity contribution in [2.24, 2.45) is 5.73 Å². The van der Waals surface area contributed by atoms with E-state index in [0.717, 1.165) is 28.7 Å². The summed E-state index contributed by atoms with van der Waals surface area (Å²) in [5, 5.41) is 4.05. The van der Waals surface area contributed by atoms with Gasteiger partial charge in [-0.1, -0.05) is 36.4 Å². The first-order valence-electron chi connectivity index (χ1n) is 8.49. The third-order valence-corrected chi connectivity index (χ3v) is 4.39. The second-order valence-electron chi connectivity index (χ2n) is 6.22. The molecule has 2 aromatic carbocycles. The van der Waals surface area contributed by atoms with E-state index < -0.39 is 6.04 Å². The van der Waals surface area contributed by atoms with Crippen LogP contribution in [0.4, 0.5) is 5.69 Å². The van der Waals surface area contributed by atoms with Gasteiger partial charge in [-0.05, 0) is 30.2 Å². The summed E-state index contributed by atoms with van der Waals surface area (Å²) in [5.41, 5.74) is 9.35. The van der Waals surface area contributed by atoms with Gasteiger partial charge in [0, 0.05) is 42.9 Å². The summed E-state index contributed by atoms with van der Waals surface area (Å²) in [5.74, 6) is -0.119. The summed E-state index contributed by atoms with van der Waals surface area (Å²) in [7, 11) is 2.01. The third-order valence-electron chi connectivity index (χ3n) is 4.39. The summed E-state index contributed by atoms with van der Waals surface area (Å²) in [6.45, 7) is 1.29. The van der Waals surface area contributed by atoms with Gasteiger partial charge in [-0.2, -0.15) is 0 Å². The summed E-state index contributed by atoms with van der Waals surface area (Å²) in [4.78, 5) is 17.6. The van der Waals surface area contributed by atoms with Crippen LogP contribution in [-0.4, -0.2) is 37.1 Å². The van der Waals surface area contributed by atoms with Gasteiger partial charge in [0.1, 0.15) is 0 Å². The van der Waals surface area contributed by atoms with Gasteiger partial charge in [-0.15, -0.1) is 24.8 Å². The zero-order chi connectivity index (χ0) is 17.6. The van der Waals surface area contributed by atoms with Gasteiger partial charge in [-0.25, -0.2) is 0 Å². The lowest BCUT2D eigenvalue weighted by atomic mass is 10.1. The molecular formula is C20H26Cl2N4O. The van der Waals surface area contributed by atoms with E-state index in [2.05, 4.69) is 15.2 Å². The molecule has 0 radical (unpaired) electrons. The Morgan fingerprint density at radius 3 is 2.52 bits per heavy atom. The first-order chi connectivity index (χ1) is 12.1. The Hall–Kier alpha value is -2.21. The Balaban J connectivity index is 0.00000182. The van der Waals surface area contributed by atoms with Gasteiger partial charge in [0.15, 0.2) is 0 Å².